The van der Waals surface area contributed by atoms with E-state index in [2.05, 4.69) is 33.0 Å². The molecule has 2 aromatic rings. The fraction of sp³-hybridized carbons (Fsp3) is 0.526. The van der Waals surface area contributed by atoms with Gasteiger partial charge in [0.1, 0.15) is 11.6 Å². The summed E-state index contributed by atoms with van der Waals surface area (Å²) in [5.74, 6) is 1.76. The van der Waals surface area contributed by atoms with Crippen LogP contribution in [0.2, 0.25) is 0 Å². The number of ether oxygens (including phenoxy) is 1. The molecule has 2 heterocycles. The second-order valence-corrected chi connectivity index (χ2v) is 6.85. The molecule has 0 amide bonds. The Morgan fingerprint density at radius 2 is 2.08 bits per heavy atom. The maximum absolute atomic E-state index is 12.6. The summed E-state index contributed by atoms with van der Waals surface area (Å²) < 4.78 is 32.1. The first-order valence-electron chi connectivity index (χ1n) is 8.82. The van der Waals surface area contributed by atoms with Crippen molar-refractivity contribution in [2.24, 2.45) is 0 Å². The standard InChI is InChI=1S/C19H25F2N3O/c1-14(2)24-11-9-22-18(24)16-7-5-10-23(13-16)12-15-6-3-4-8-17(15)25-19(20)21/h3-4,6,8-9,11,14,16,19H,5,7,10,12-13H2,1-2H3/t16-/m0/s1. The number of hydrogen-bond acceptors (Lipinski definition) is 3. The predicted octanol–water partition coefficient (Wildman–Crippen LogP) is 4.45. The van der Waals surface area contributed by atoms with E-state index >= 15 is 0 Å². The van der Waals surface area contributed by atoms with Gasteiger partial charge in [-0.25, -0.2) is 4.98 Å². The number of rotatable bonds is 6. The van der Waals surface area contributed by atoms with Crippen LogP contribution in [0.1, 0.15) is 50.0 Å². The van der Waals surface area contributed by atoms with E-state index in [1.54, 1.807) is 12.1 Å². The van der Waals surface area contributed by atoms with Gasteiger partial charge in [-0.05, 0) is 39.3 Å². The van der Waals surface area contributed by atoms with E-state index in [4.69, 9.17) is 0 Å². The van der Waals surface area contributed by atoms with Gasteiger partial charge in [0.25, 0.3) is 0 Å². The third kappa shape index (κ3) is 4.37. The topological polar surface area (TPSA) is 30.3 Å². The average Bonchev–Trinajstić information content (AvgIpc) is 3.06. The normalized spacial score (nSPS) is 18.9. The molecule has 0 spiro atoms. The Hall–Kier alpha value is -1.95. The zero-order chi connectivity index (χ0) is 17.8. The molecule has 1 atom stereocenters. The minimum absolute atomic E-state index is 0.267. The fourth-order valence-electron chi connectivity index (χ4n) is 3.57. The van der Waals surface area contributed by atoms with Crippen molar-refractivity contribution in [2.45, 2.75) is 51.8 Å². The van der Waals surface area contributed by atoms with E-state index in [0.717, 1.165) is 37.3 Å². The van der Waals surface area contributed by atoms with Crippen molar-refractivity contribution in [3.63, 3.8) is 0 Å². The number of alkyl halides is 2. The number of nitrogens with zero attached hydrogens (tertiary/aromatic N) is 3. The fourth-order valence-corrected chi connectivity index (χ4v) is 3.57. The van der Waals surface area contributed by atoms with E-state index < -0.39 is 6.61 Å². The van der Waals surface area contributed by atoms with Gasteiger partial charge in [-0.3, -0.25) is 4.90 Å². The molecule has 1 aromatic heterocycles. The SMILES string of the molecule is CC(C)n1ccnc1[C@H]1CCCN(Cc2ccccc2OC(F)F)C1. The summed E-state index contributed by atoms with van der Waals surface area (Å²) in [7, 11) is 0. The van der Waals surface area contributed by atoms with E-state index in [0.29, 0.717) is 18.5 Å². The number of likely N-dealkylation sites (tertiary alicyclic amines) is 1. The molecule has 1 fully saturated rings. The van der Waals surface area contributed by atoms with Crippen molar-refractivity contribution < 1.29 is 13.5 Å². The molecule has 4 nitrogen and oxygen atoms in total. The number of hydrogen-bond donors (Lipinski definition) is 0. The van der Waals surface area contributed by atoms with Crippen LogP contribution in [-0.4, -0.2) is 34.2 Å². The Bertz CT molecular complexity index is 687. The molecule has 0 N–H and O–H groups in total. The third-order valence-electron chi connectivity index (χ3n) is 4.71. The number of halogens is 2. The molecule has 0 aliphatic carbocycles. The summed E-state index contributed by atoms with van der Waals surface area (Å²) >= 11 is 0. The molecule has 0 unspecified atom stereocenters. The summed E-state index contributed by atoms with van der Waals surface area (Å²) in [6.07, 6.45) is 6.08. The molecule has 1 aliphatic heterocycles. The molecular formula is C19H25F2N3O. The van der Waals surface area contributed by atoms with Crippen LogP contribution in [0.4, 0.5) is 8.78 Å². The highest BCUT2D eigenvalue weighted by Gasteiger charge is 2.26. The maximum atomic E-state index is 12.6. The van der Waals surface area contributed by atoms with Crippen molar-refractivity contribution in [1.82, 2.24) is 14.5 Å². The van der Waals surface area contributed by atoms with E-state index in [9.17, 15) is 8.78 Å². The van der Waals surface area contributed by atoms with Crippen LogP contribution in [0.3, 0.4) is 0 Å². The average molecular weight is 349 g/mol. The van der Waals surface area contributed by atoms with Crippen molar-refractivity contribution in [3.8, 4) is 5.75 Å². The minimum Gasteiger partial charge on any atom is -0.434 e. The Morgan fingerprint density at radius 3 is 2.84 bits per heavy atom. The molecule has 25 heavy (non-hydrogen) atoms. The van der Waals surface area contributed by atoms with Crippen molar-refractivity contribution >= 4 is 0 Å². The van der Waals surface area contributed by atoms with Crippen LogP contribution < -0.4 is 4.74 Å². The first-order valence-corrected chi connectivity index (χ1v) is 8.82. The second kappa shape index (κ2) is 7.95. The van der Waals surface area contributed by atoms with Crippen molar-refractivity contribution in [3.05, 3.63) is 48.0 Å². The van der Waals surface area contributed by atoms with E-state index in [1.807, 2.05) is 24.5 Å². The Labute approximate surface area is 147 Å². The third-order valence-corrected chi connectivity index (χ3v) is 4.71. The molecule has 0 bridgehead atoms. The van der Waals surface area contributed by atoms with Gasteiger partial charge in [0.2, 0.25) is 0 Å². The van der Waals surface area contributed by atoms with Crippen LogP contribution in [0, 0.1) is 0 Å². The highest BCUT2D eigenvalue weighted by atomic mass is 19.3. The largest absolute Gasteiger partial charge is 0.434 e. The summed E-state index contributed by atoms with van der Waals surface area (Å²) in [4.78, 5) is 6.88. The Kier molecular flexibility index (Phi) is 5.68. The van der Waals surface area contributed by atoms with Gasteiger partial charge in [-0.2, -0.15) is 8.78 Å². The molecule has 1 aromatic carbocycles. The van der Waals surface area contributed by atoms with E-state index in [1.165, 1.54) is 0 Å². The van der Waals surface area contributed by atoms with Crippen molar-refractivity contribution in [2.75, 3.05) is 13.1 Å². The Morgan fingerprint density at radius 1 is 1.28 bits per heavy atom. The van der Waals surface area contributed by atoms with Gasteiger partial charge in [0, 0.05) is 43.0 Å². The van der Waals surface area contributed by atoms with Crippen LogP contribution in [0.15, 0.2) is 36.7 Å². The molecule has 136 valence electrons. The number of para-hydroxylation sites is 1. The molecule has 0 radical (unpaired) electrons. The van der Waals surface area contributed by atoms with Crippen LogP contribution in [-0.2, 0) is 6.54 Å². The molecule has 0 saturated carbocycles. The van der Waals surface area contributed by atoms with Crippen LogP contribution in [0.5, 0.6) is 5.75 Å². The van der Waals surface area contributed by atoms with Gasteiger partial charge in [-0.15, -0.1) is 0 Å². The summed E-state index contributed by atoms with van der Waals surface area (Å²) in [5, 5.41) is 0. The van der Waals surface area contributed by atoms with Crippen molar-refractivity contribution in [1.29, 1.82) is 0 Å². The quantitative estimate of drug-likeness (QED) is 0.772. The van der Waals surface area contributed by atoms with Gasteiger partial charge in [-0.1, -0.05) is 18.2 Å². The zero-order valence-electron chi connectivity index (χ0n) is 14.7. The monoisotopic (exact) mass is 349 g/mol. The first kappa shape index (κ1) is 17.9. The summed E-state index contributed by atoms with van der Waals surface area (Å²) in [6, 6.07) is 7.43. The van der Waals surface area contributed by atoms with Gasteiger partial charge < -0.3 is 9.30 Å². The number of piperidine rings is 1. The lowest BCUT2D eigenvalue weighted by Gasteiger charge is -2.33. The first-order chi connectivity index (χ1) is 12.0. The summed E-state index contributed by atoms with van der Waals surface area (Å²) in [5.41, 5.74) is 0.802. The van der Waals surface area contributed by atoms with Gasteiger partial charge in [0.15, 0.2) is 0 Å². The molecular weight excluding hydrogens is 324 g/mol. The highest BCUT2D eigenvalue weighted by Crippen LogP contribution is 2.30. The maximum Gasteiger partial charge on any atom is 0.387 e. The van der Waals surface area contributed by atoms with Gasteiger partial charge >= 0.3 is 6.61 Å². The number of benzene rings is 1. The lowest BCUT2D eigenvalue weighted by Crippen LogP contribution is -2.35. The number of aromatic nitrogens is 2. The predicted molar refractivity (Wildman–Crippen MR) is 92.9 cm³/mol. The summed E-state index contributed by atoms with van der Waals surface area (Å²) in [6.45, 7) is 3.97. The second-order valence-electron chi connectivity index (χ2n) is 6.85. The molecule has 6 heteroatoms. The smallest absolute Gasteiger partial charge is 0.387 e. The van der Waals surface area contributed by atoms with Gasteiger partial charge in [0.05, 0.1) is 0 Å². The van der Waals surface area contributed by atoms with Crippen LogP contribution in [0.25, 0.3) is 0 Å². The molecule has 1 aliphatic rings. The molecule has 1 saturated heterocycles. The number of imidazole rings is 1. The highest BCUT2D eigenvalue weighted by molar-refractivity contribution is 5.33. The molecule has 3 rings (SSSR count). The van der Waals surface area contributed by atoms with Crippen LogP contribution >= 0.6 is 0 Å². The Balaban J connectivity index is 1.71. The zero-order valence-corrected chi connectivity index (χ0v) is 14.7. The minimum atomic E-state index is -2.80. The lowest BCUT2D eigenvalue weighted by molar-refractivity contribution is -0.0508. The van der Waals surface area contributed by atoms with E-state index in [-0.39, 0.29) is 5.75 Å². The lowest BCUT2D eigenvalue weighted by atomic mass is 9.96.